The number of likely N-dealkylation sites (tertiary alicyclic amines) is 1. The molecule has 2 amide bonds. The van der Waals surface area contributed by atoms with Gasteiger partial charge in [-0.1, -0.05) is 34.1 Å². The van der Waals surface area contributed by atoms with E-state index in [1.165, 1.54) is 19.3 Å². The highest BCUT2D eigenvalue weighted by molar-refractivity contribution is 5.80. The number of carbonyl (C=O) groups excluding carboxylic acids is 2. The number of piperidine rings is 1. The van der Waals surface area contributed by atoms with Gasteiger partial charge in [0.25, 0.3) is 0 Å². The van der Waals surface area contributed by atoms with E-state index in [1.807, 2.05) is 4.90 Å². The Morgan fingerprint density at radius 3 is 2.40 bits per heavy atom. The summed E-state index contributed by atoms with van der Waals surface area (Å²) in [5.41, 5.74) is 0.293. The molecule has 0 bridgehead atoms. The predicted molar refractivity (Wildman–Crippen MR) is 101 cm³/mol. The second-order valence-electron chi connectivity index (χ2n) is 8.94. The molecule has 1 unspecified atom stereocenters. The van der Waals surface area contributed by atoms with Gasteiger partial charge in [0.05, 0.1) is 6.54 Å². The maximum absolute atomic E-state index is 12.5. The van der Waals surface area contributed by atoms with Crippen molar-refractivity contribution < 1.29 is 9.59 Å². The van der Waals surface area contributed by atoms with Gasteiger partial charge in [-0.2, -0.15) is 0 Å². The van der Waals surface area contributed by atoms with Crippen LogP contribution in [0.15, 0.2) is 0 Å². The highest BCUT2D eigenvalue weighted by Gasteiger charge is 2.35. The second-order valence-corrected chi connectivity index (χ2v) is 8.94. The fourth-order valence-corrected chi connectivity index (χ4v) is 4.05. The van der Waals surface area contributed by atoms with E-state index in [-0.39, 0.29) is 17.7 Å². The average Bonchev–Trinajstić information content (AvgIpc) is 2.90. The molecule has 144 valence electrons. The molecule has 25 heavy (non-hydrogen) atoms. The number of nitrogens with one attached hydrogen (secondary N) is 2. The van der Waals surface area contributed by atoms with Crippen molar-refractivity contribution >= 4 is 11.8 Å². The van der Waals surface area contributed by atoms with Crippen molar-refractivity contribution in [3.05, 3.63) is 0 Å². The largest absolute Gasteiger partial charge is 0.356 e. The summed E-state index contributed by atoms with van der Waals surface area (Å²) in [6.45, 7) is 11.5. The van der Waals surface area contributed by atoms with Crippen molar-refractivity contribution in [3.63, 3.8) is 0 Å². The van der Waals surface area contributed by atoms with E-state index in [0.29, 0.717) is 37.0 Å². The minimum absolute atomic E-state index is 0.0675. The molecule has 2 rings (SSSR count). The number of carbonyl (C=O) groups is 2. The van der Waals surface area contributed by atoms with E-state index in [0.717, 1.165) is 25.8 Å². The second kappa shape index (κ2) is 9.02. The topological polar surface area (TPSA) is 61.4 Å². The third-order valence-corrected chi connectivity index (χ3v) is 6.00. The molecule has 0 aromatic rings. The number of hydrogen-bond donors (Lipinski definition) is 2. The Morgan fingerprint density at radius 1 is 1.16 bits per heavy atom. The molecule has 1 saturated heterocycles. The molecule has 1 heterocycles. The zero-order valence-electron chi connectivity index (χ0n) is 16.6. The molecule has 1 saturated carbocycles. The van der Waals surface area contributed by atoms with Crippen LogP contribution in [0.4, 0.5) is 0 Å². The van der Waals surface area contributed by atoms with Crippen LogP contribution in [0.3, 0.4) is 0 Å². The van der Waals surface area contributed by atoms with Crippen LogP contribution in [0.1, 0.15) is 66.2 Å². The quantitative estimate of drug-likeness (QED) is 0.741. The Morgan fingerprint density at radius 2 is 1.84 bits per heavy atom. The molecule has 1 atom stereocenters. The van der Waals surface area contributed by atoms with Crippen molar-refractivity contribution in [1.29, 1.82) is 0 Å². The van der Waals surface area contributed by atoms with Crippen LogP contribution in [0.5, 0.6) is 0 Å². The minimum atomic E-state index is 0.0675. The predicted octanol–water partition coefficient (Wildman–Crippen LogP) is 2.56. The molecule has 1 aliphatic heterocycles. The maximum Gasteiger partial charge on any atom is 0.236 e. The van der Waals surface area contributed by atoms with Gasteiger partial charge >= 0.3 is 0 Å². The molecule has 5 nitrogen and oxygen atoms in total. The summed E-state index contributed by atoms with van der Waals surface area (Å²) in [4.78, 5) is 26.6. The fourth-order valence-electron chi connectivity index (χ4n) is 4.05. The minimum Gasteiger partial charge on any atom is -0.356 e. The molecular formula is C20H37N3O2. The summed E-state index contributed by atoms with van der Waals surface area (Å²) in [6.07, 6.45) is 6.24. The molecule has 2 aliphatic rings. The number of nitrogens with zero attached hydrogens (tertiary/aromatic N) is 1. The van der Waals surface area contributed by atoms with Crippen molar-refractivity contribution in [2.75, 3.05) is 26.2 Å². The van der Waals surface area contributed by atoms with E-state index >= 15 is 0 Å². The average molecular weight is 352 g/mol. The van der Waals surface area contributed by atoms with Crippen LogP contribution in [0.2, 0.25) is 0 Å². The molecule has 0 radical (unpaired) electrons. The smallest absolute Gasteiger partial charge is 0.236 e. The molecule has 2 fully saturated rings. The Labute approximate surface area is 153 Å². The van der Waals surface area contributed by atoms with Gasteiger partial charge in [0.2, 0.25) is 11.8 Å². The normalized spacial score (nSPS) is 23.9. The summed E-state index contributed by atoms with van der Waals surface area (Å²) < 4.78 is 0. The van der Waals surface area contributed by atoms with Crippen LogP contribution in [0, 0.1) is 17.3 Å². The van der Waals surface area contributed by atoms with Crippen molar-refractivity contribution in [3.8, 4) is 0 Å². The monoisotopic (exact) mass is 351 g/mol. The zero-order chi connectivity index (χ0) is 18.4. The van der Waals surface area contributed by atoms with E-state index in [2.05, 4.69) is 38.3 Å². The zero-order valence-corrected chi connectivity index (χ0v) is 16.6. The first-order valence-electron chi connectivity index (χ1n) is 10.1. The van der Waals surface area contributed by atoms with Crippen LogP contribution in [-0.2, 0) is 9.59 Å². The van der Waals surface area contributed by atoms with Crippen LogP contribution >= 0.6 is 0 Å². The highest BCUT2D eigenvalue weighted by atomic mass is 16.2. The van der Waals surface area contributed by atoms with Gasteiger partial charge in [-0.3, -0.25) is 9.59 Å². The van der Waals surface area contributed by atoms with Gasteiger partial charge in [0, 0.05) is 31.6 Å². The van der Waals surface area contributed by atoms with Crippen molar-refractivity contribution in [1.82, 2.24) is 15.5 Å². The van der Waals surface area contributed by atoms with Gasteiger partial charge < -0.3 is 15.5 Å². The van der Waals surface area contributed by atoms with Crippen LogP contribution in [0.25, 0.3) is 0 Å². The molecule has 5 heteroatoms. The third kappa shape index (κ3) is 5.98. The standard InChI is InChI=1S/C20H37N3O2/c1-15(2)7-11-21-19(25)16-8-12-23(13-9-16)18(24)14-22-17-6-5-10-20(17,3)4/h15-17,22H,5-14H2,1-4H3,(H,21,25). The van der Waals surface area contributed by atoms with Gasteiger partial charge in [-0.25, -0.2) is 0 Å². The molecule has 2 N–H and O–H groups in total. The van der Waals surface area contributed by atoms with E-state index in [1.54, 1.807) is 0 Å². The van der Waals surface area contributed by atoms with Gasteiger partial charge in [-0.15, -0.1) is 0 Å². The summed E-state index contributed by atoms with van der Waals surface area (Å²) in [6, 6.07) is 0.445. The lowest BCUT2D eigenvalue weighted by molar-refractivity contribution is -0.135. The van der Waals surface area contributed by atoms with Gasteiger partial charge in [-0.05, 0) is 43.4 Å². The molecule has 0 aromatic heterocycles. The Hall–Kier alpha value is -1.10. The van der Waals surface area contributed by atoms with E-state index in [4.69, 9.17) is 0 Å². The molecule has 1 aliphatic carbocycles. The SMILES string of the molecule is CC(C)CCNC(=O)C1CCN(C(=O)CNC2CCCC2(C)C)CC1. The Kier molecular flexibility index (Phi) is 7.29. The summed E-state index contributed by atoms with van der Waals surface area (Å²) in [5.74, 6) is 1.02. The van der Waals surface area contributed by atoms with E-state index < -0.39 is 0 Å². The lowest BCUT2D eigenvalue weighted by Gasteiger charge is -2.33. The van der Waals surface area contributed by atoms with Gasteiger partial charge in [0.15, 0.2) is 0 Å². The number of hydrogen-bond acceptors (Lipinski definition) is 3. The molecule has 0 spiro atoms. The number of amides is 2. The lowest BCUT2D eigenvalue weighted by Crippen LogP contribution is -2.48. The third-order valence-electron chi connectivity index (χ3n) is 6.00. The number of rotatable bonds is 7. The summed E-state index contributed by atoms with van der Waals surface area (Å²) in [5, 5.41) is 6.52. The maximum atomic E-state index is 12.5. The van der Waals surface area contributed by atoms with Crippen molar-refractivity contribution in [2.45, 2.75) is 72.3 Å². The van der Waals surface area contributed by atoms with Crippen molar-refractivity contribution in [2.24, 2.45) is 17.3 Å². The van der Waals surface area contributed by atoms with Crippen LogP contribution < -0.4 is 10.6 Å². The highest BCUT2D eigenvalue weighted by Crippen LogP contribution is 2.37. The van der Waals surface area contributed by atoms with Gasteiger partial charge in [0.1, 0.15) is 0 Å². The first-order chi connectivity index (χ1) is 11.8. The lowest BCUT2D eigenvalue weighted by atomic mass is 9.87. The van der Waals surface area contributed by atoms with Crippen LogP contribution in [-0.4, -0.2) is 48.9 Å². The molecular weight excluding hydrogens is 314 g/mol. The summed E-state index contributed by atoms with van der Waals surface area (Å²) in [7, 11) is 0. The Bertz CT molecular complexity index is 454. The first kappa shape index (κ1) is 20.2. The van der Waals surface area contributed by atoms with E-state index in [9.17, 15) is 9.59 Å². The summed E-state index contributed by atoms with van der Waals surface area (Å²) >= 11 is 0. The fraction of sp³-hybridized carbons (Fsp3) is 0.900. The molecule has 0 aromatic carbocycles. The Balaban J connectivity index is 1.67. The first-order valence-corrected chi connectivity index (χ1v) is 10.1.